The van der Waals surface area contributed by atoms with Crippen LogP contribution in [0.15, 0.2) is 89.9 Å². The third-order valence-corrected chi connectivity index (χ3v) is 5.05. The van der Waals surface area contributed by atoms with Crippen LogP contribution in [0, 0.1) is 6.92 Å². The molecule has 27 heavy (non-hydrogen) atoms. The van der Waals surface area contributed by atoms with Crippen LogP contribution in [0.4, 0.5) is 5.69 Å². The molecule has 5 aromatic rings. The van der Waals surface area contributed by atoms with Gasteiger partial charge in [-0.15, -0.1) is 0 Å². The minimum absolute atomic E-state index is 0.0805. The van der Waals surface area contributed by atoms with Gasteiger partial charge in [-0.3, -0.25) is 14.9 Å². The molecule has 0 aliphatic heterocycles. The molecule has 0 atom stereocenters. The van der Waals surface area contributed by atoms with Crippen molar-refractivity contribution in [1.29, 1.82) is 0 Å². The van der Waals surface area contributed by atoms with E-state index in [2.05, 4.69) is 35.8 Å². The number of benzene rings is 4. The van der Waals surface area contributed by atoms with E-state index in [1.54, 1.807) is 0 Å². The van der Waals surface area contributed by atoms with Gasteiger partial charge < -0.3 is 0 Å². The fourth-order valence-corrected chi connectivity index (χ4v) is 3.70. The SMILES string of the molecule is Cc1cn(Nc2ccccc2)c2ccc3cc4ccccc4cc3c2c1=O. The smallest absolute Gasteiger partial charge is 0.193 e. The van der Waals surface area contributed by atoms with Crippen LogP contribution in [0.3, 0.4) is 0 Å². The van der Waals surface area contributed by atoms with Crippen LogP contribution in [-0.2, 0) is 0 Å². The Morgan fingerprint density at radius 1 is 0.778 bits per heavy atom. The van der Waals surface area contributed by atoms with Gasteiger partial charge in [-0.05, 0) is 58.8 Å². The first-order valence-corrected chi connectivity index (χ1v) is 9.00. The van der Waals surface area contributed by atoms with Crippen molar-refractivity contribution in [3.63, 3.8) is 0 Å². The lowest BCUT2D eigenvalue weighted by Gasteiger charge is -2.16. The van der Waals surface area contributed by atoms with Crippen LogP contribution in [0.1, 0.15) is 5.56 Å². The first kappa shape index (κ1) is 15.6. The minimum Gasteiger partial charge on any atom is -0.294 e. The van der Waals surface area contributed by atoms with Gasteiger partial charge in [0.2, 0.25) is 0 Å². The van der Waals surface area contributed by atoms with Crippen LogP contribution >= 0.6 is 0 Å². The van der Waals surface area contributed by atoms with Crippen molar-refractivity contribution in [3.8, 4) is 0 Å². The second-order valence-corrected chi connectivity index (χ2v) is 6.87. The molecular formula is C24H18N2O. The predicted octanol–water partition coefficient (Wildman–Crippen LogP) is 5.49. The number of para-hydroxylation sites is 1. The van der Waals surface area contributed by atoms with Crippen molar-refractivity contribution >= 4 is 38.1 Å². The molecule has 0 saturated carbocycles. The summed E-state index contributed by atoms with van der Waals surface area (Å²) in [4.78, 5) is 13.0. The molecule has 0 aliphatic carbocycles. The molecule has 5 rings (SSSR count). The van der Waals surface area contributed by atoms with Gasteiger partial charge in [-0.25, -0.2) is 0 Å². The third-order valence-electron chi connectivity index (χ3n) is 5.05. The summed E-state index contributed by atoms with van der Waals surface area (Å²) < 4.78 is 1.94. The number of nitrogens with one attached hydrogen (secondary N) is 1. The number of aryl methyl sites for hydroxylation is 1. The van der Waals surface area contributed by atoms with Gasteiger partial charge >= 0.3 is 0 Å². The van der Waals surface area contributed by atoms with Gasteiger partial charge in [0.25, 0.3) is 0 Å². The summed E-state index contributed by atoms with van der Waals surface area (Å²) in [6.07, 6.45) is 1.87. The lowest BCUT2D eigenvalue weighted by Crippen LogP contribution is -2.17. The number of aromatic nitrogens is 1. The largest absolute Gasteiger partial charge is 0.294 e. The first-order valence-electron chi connectivity index (χ1n) is 9.00. The molecular weight excluding hydrogens is 332 g/mol. The van der Waals surface area contributed by atoms with Crippen LogP contribution < -0.4 is 10.9 Å². The minimum atomic E-state index is 0.0805. The maximum absolute atomic E-state index is 13.0. The number of rotatable bonds is 2. The molecule has 0 amide bonds. The Morgan fingerprint density at radius 2 is 1.48 bits per heavy atom. The van der Waals surface area contributed by atoms with Gasteiger partial charge in [0.1, 0.15) is 0 Å². The summed E-state index contributed by atoms with van der Waals surface area (Å²) in [5.74, 6) is 0. The summed E-state index contributed by atoms with van der Waals surface area (Å²) in [5.41, 5.74) is 6.03. The molecule has 3 heteroatoms. The summed E-state index contributed by atoms with van der Waals surface area (Å²) in [6.45, 7) is 1.87. The van der Waals surface area contributed by atoms with E-state index in [4.69, 9.17) is 0 Å². The van der Waals surface area contributed by atoms with E-state index in [0.29, 0.717) is 5.56 Å². The summed E-state index contributed by atoms with van der Waals surface area (Å²) in [5, 5.41) is 5.14. The van der Waals surface area contributed by atoms with Gasteiger partial charge in [-0.1, -0.05) is 48.5 Å². The highest BCUT2D eigenvalue weighted by molar-refractivity contribution is 6.11. The van der Waals surface area contributed by atoms with Crippen LogP contribution in [-0.4, -0.2) is 4.68 Å². The number of pyridine rings is 1. The maximum Gasteiger partial charge on any atom is 0.193 e. The zero-order valence-corrected chi connectivity index (χ0v) is 14.9. The lowest BCUT2D eigenvalue weighted by atomic mass is 9.99. The maximum atomic E-state index is 13.0. The second kappa shape index (κ2) is 5.99. The molecule has 0 radical (unpaired) electrons. The molecule has 130 valence electrons. The summed E-state index contributed by atoms with van der Waals surface area (Å²) in [7, 11) is 0. The number of fused-ring (bicyclic) bond motifs is 4. The standard InChI is InChI=1S/C24H18N2O/c1-16-15-26(25-20-9-3-2-4-10-20)22-12-11-19-13-17-7-5-6-8-18(17)14-21(19)23(22)24(16)27/h2-15,25H,1H3. The lowest BCUT2D eigenvalue weighted by molar-refractivity contribution is 0.980. The van der Waals surface area contributed by atoms with E-state index in [1.165, 1.54) is 5.39 Å². The van der Waals surface area contributed by atoms with Crippen LogP contribution in [0.5, 0.6) is 0 Å². The molecule has 0 spiro atoms. The molecule has 1 heterocycles. The molecule has 4 aromatic carbocycles. The summed E-state index contributed by atoms with van der Waals surface area (Å²) in [6, 6.07) is 26.6. The van der Waals surface area contributed by atoms with E-state index in [-0.39, 0.29) is 5.43 Å². The Balaban J connectivity index is 1.86. The molecule has 0 aliphatic rings. The fourth-order valence-electron chi connectivity index (χ4n) is 3.70. The molecule has 1 aromatic heterocycles. The normalized spacial score (nSPS) is 11.3. The highest BCUT2D eigenvalue weighted by atomic mass is 16.1. The van der Waals surface area contributed by atoms with E-state index >= 15 is 0 Å². The Bertz CT molecular complexity index is 1370. The second-order valence-electron chi connectivity index (χ2n) is 6.87. The van der Waals surface area contributed by atoms with Crippen molar-refractivity contribution in [3.05, 3.63) is 101 Å². The Morgan fingerprint density at radius 3 is 2.26 bits per heavy atom. The highest BCUT2D eigenvalue weighted by Crippen LogP contribution is 2.28. The number of hydrogen-bond donors (Lipinski definition) is 1. The highest BCUT2D eigenvalue weighted by Gasteiger charge is 2.11. The predicted molar refractivity (Wildman–Crippen MR) is 113 cm³/mol. The fraction of sp³-hybridized carbons (Fsp3) is 0.0417. The molecule has 0 unspecified atom stereocenters. The van der Waals surface area contributed by atoms with Gasteiger partial charge in [0, 0.05) is 11.8 Å². The molecule has 3 nitrogen and oxygen atoms in total. The van der Waals surface area contributed by atoms with E-state index in [1.807, 2.05) is 66.3 Å². The average molecular weight is 350 g/mol. The number of nitrogens with zero attached hydrogens (tertiary/aromatic N) is 1. The number of hydrogen-bond acceptors (Lipinski definition) is 2. The Labute approximate surface area is 156 Å². The number of anilines is 1. The molecule has 0 fully saturated rings. The van der Waals surface area contributed by atoms with E-state index in [0.717, 1.165) is 32.7 Å². The Hall–Kier alpha value is -3.59. The summed E-state index contributed by atoms with van der Waals surface area (Å²) >= 11 is 0. The molecule has 0 saturated heterocycles. The van der Waals surface area contributed by atoms with Crippen molar-refractivity contribution in [2.75, 3.05) is 5.43 Å². The zero-order chi connectivity index (χ0) is 18.4. The monoisotopic (exact) mass is 350 g/mol. The molecule has 0 bridgehead atoms. The quantitative estimate of drug-likeness (QED) is 0.337. The zero-order valence-electron chi connectivity index (χ0n) is 14.9. The average Bonchev–Trinajstić information content (AvgIpc) is 2.70. The van der Waals surface area contributed by atoms with E-state index in [9.17, 15) is 4.79 Å². The molecule has 1 N–H and O–H groups in total. The van der Waals surface area contributed by atoms with Gasteiger partial charge in [0.15, 0.2) is 5.43 Å². The van der Waals surface area contributed by atoms with Crippen molar-refractivity contribution in [2.24, 2.45) is 0 Å². The topological polar surface area (TPSA) is 34.0 Å². The van der Waals surface area contributed by atoms with Crippen LogP contribution in [0.25, 0.3) is 32.4 Å². The van der Waals surface area contributed by atoms with Crippen LogP contribution in [0.2, 0.25) is 0 Å². The Kier molecular flexibility index (Phi) is 3.47. The van der Waals surface area contributed by atoms with Crippen molar-refractivity contribution in [1.82, 2.24) is 4.68 Å². The third kappa shape index (κ3) is 2.56. The first-order chi connectivity index (χ1) is 13.2. The van der Waals surface area contributed by atoms with Gasteiger partial charge in [0.05, 0.1) is 16.6 Å². The van der Waals surface area contributed by atoms with Gasteiger partial charge in [-0.2, -0.15) is 0 Å². The van der Waals surface area contributed by atoms with Crippen molar-refractivity contribution in [2.45, 2.75) is 6.92 Å². The van der Waals surface area contributed by atoms with Crippen molar-refractivity contribution < 1.29 is 0 Å². The van der Waals surface area contributed by atoms with E-state index < -0.39 is 0 Å².